The number of rotatable bonds is 13. The summed E-state index contributed by atoms with van der Waals surface area (Å²) in [6.07, 6.45) is 8.08. The molecule has 4 saturated heterocycles. The van der Waals surface area contributed by atoms with Gasteiger partial charge in [-0.1, -0.05) is 43.3 Å². The van der Waals surface area contributed by atoms with Gasteiger partial charge in [-0.25, -0.2) is 0 Å². The molecule has 8 heterocycles. The van der Waals surface area contributed by atoms with Crippen LogP contribution < -0.4 is 10.6 Å². The number of hydrogen-bond donors (Lipinski definition) is 5. The third-order valence-corrected chi connectivity index (χ3v) is 14.2. The predicted octanol–water partition coefficient (Wildman–Crippen LogP) is 4.39. The number of carboxylic acids is 1. The van der Waals surface area contributed by atoms with E-state index >= 15 is 0 Å². The maximum Gasteiger partial charge on any atom is 0.303 e. The Bertz CT molecular complexity index is 2490. The van der Waals surface area contributed by atoms with Crippen LogP contribution in [-0.4, -0.2) is 126 Å². The van der Waals surface area contributed by atoms with E-state index in [0.29, 0.717) is 71.1 Å². The van der Waals surface area contributed by atoms with Crippen molar-refractivity contribution in [3.8, 4) is 0 Å². The van der Waals surface area contributed by atoms with Gasteiger partial charge in [0.1, 0.15) is 24.2 Å². The van der Waals surface area contributed by atoms with Crippen LogP contribution in [0.5, 0.6) is 0 Å². The Morgan fingerprint density at radius 1 is 0.625 bits per heavy atom. The Hall–Kier alpha value is -6.19. The van der Waals surface area contributed by atoms with E-state index in [9.17, 15) is 33.6 Å². The SMILES string of the molecule is CCCC(=O)NCCC[C@H]1c2[nH]c3ccccc3c2C[C@H]2C(=O)N3CCC[C@H]3C(=O)N21.O=C(O)CCC(=O)NCCC[C@H]1c2[nH]c3ccccc3c2C[C@H]2C(=O)N3CCC[C@H]3C(=O)N21. The number of piperazine rings is 2. The average Bonchev–Trinajstić information content (AvgIpc) is 4.12. The zero-order valence-electron chi connectivity index (χ0n) is 36.4. The molecule has 0 saturated carbocycles. The number of nitrogens with one attached hydrogen (secondary N) is 4. The van der Waals surface area contributed by atoms with Gasteiger partial charge in [0.25, 0.3) is 0 Å². The van der Waals surface area contributed by atoms with Crippen molar-refractivity contribution in [2.75, 3.05) is 26.2 Å². The number of hydrogen-bond acceptors (Lipinski definition) is 7. The number of H-pyrrole nitrogens is 2. The third kappa shape index (κ3) is 7.89. The van der Waals surface area contributed by atoms with Crippen molar-refractivity contribution >= 4 is 63.2 Å². The van der Waals surface area contributed by atoms with Crippen molar-refractivity contribution in [3.63, 3.8) is 0 Å². The van der Waals surface area contributed by atoms with E-state index in [1.54, 1.807) is 9.80 Å². The maximum absolute atomic E-state index is 13.5. The summed E-state index contributed by atoms with van der Waals surface area (Å²) in [6, 6.07) is 14.2. The monoisotopic (exact) mass is 874 g/mol. The molecule has 16 heteroatoms. The highest BCUT2D eigenvalue weighted by molar-refractivity contribution is 6.00. The highest BCUT2D eigenvalue weighted by Crippen LogP contribution is 2.45. The van der Waals surface area contributed by atoms with Gasteiger partial charge < -0.3 is 45.3 Å². The minimum Gasteiger partial charge on any atom is -0.481 e. The Balaban J connectivity index is 0.000000162. The quantitative estimate of drug-likeness (QED) is 0.122. The molecule has 5 N–H and O–H groups in total. The summed E-state index contributed by atoms with van der Waals surface area (Å²) in [7, 11) is 0. The first-order valence-corrected chi connectivity index (χ1v) is 23.2. The van der Waals surface area contributed by atoms with Crippen LogP contribution in [0.4, 0.5) is 0 Å². The first-order valence-electron chi connectivity index (χ1n) is 23.2. The summed E-state index contributed by atoms with van der Waals surface area (Å²) in [4.78, 5) is 102. The smallest absolute Gasteiger partial charge is 0.303 e. The van der Waals surface area contributed by atoms with Crippen LogP contribution in [0.25, 0.3) is 21.8 Å². The number of aromatic nitrogens is 2. The first-order chi connectivity index (χ1) is 31.0. The second-order valence-electron chi connectivity index (χ2n) is 18.1. The molecule has 2 aromatic carbocycles. The van der Waals surface area contributed by atoms with Crippen LogP contribution in [0.1, 0.15) is 119 Å². The van der Waals surface area contributed by atoms with Gasteiger partial charge in [-0.15, -0.1) is 0 Å². The lowest BCUT2D eigenvalue weighted by atomic mass is 9.86. The lowest BCUT2D eigenvalue weighted by molar-refractivity contribution is -0.163. The van der Waals surface area contributed by atoms with E-state index in [4.69, 9.17) is 5.11 Å². The fraction of sp³-hybridized carbons (Fsp3) is 0.521. The Morgan fingerprint density at radius 3 is 1.53 bits per heavy atom. The van der Waals surface area contributed by atoms with Gasteiger partial charge in [0.2, 0.25) is 35.4 Å². The summed E-state index contributed by atoms with van der Waals surface area (Å²) < 4.78 is 0. The van der Waals surface area contributed by atoms with E-state index in [1.807, 2.05) is 53.1 Å². The highest BCUT2D eigenvalue weighted by Gasteiger charge is 2.54. The van der Waals surface area contributed by atoms with E-state index in [1.165, 1.54) is 0 Å². The van der Waals surface area contributed by atoms with Crippen molar-refractivity contribution in [1.29, 1.82) is 0 Å². The zero-order valence-corrected chi connectivity index (χ0v) is 36.4. The number of carboxylic acid groups (broad SMARTS) is 1. The Kier molecular flexibility index (Phi) is 12.2. The van der Waals surface area contributed by atoms with Gasteiger partial charge in [-0.05, 0) is 81.0 Å². The molecule has 0 radical (unpaired) electrons. The molecule has 2 aromatic heterocycles. The van der Waals surface area contributed by atoms with Gasteiger partial charge >= 0.3 is 5.97 Å². The molecule has 338 valence electrons. The molecule has 0 bridgehead atoms. The van der Waals surface area contributed by atoms with Crippen LogP contribution >= 0.6 is 0 Å². The van der Waals surface area contributed by atoms with Gasteiger partial charge in [0, 0.05) is 85.1 Å². The predicted molar refractivity (Wildman–Crippen MR) is 236 cm³/mol. The number of aliphatic carboxylic acids is 1. The lowest BCUT2D eigenvalue weighted by Gasteiger charge is -2.48. The summed E-state index contributed by atoms with van der Waals surface area (Å²) in [6.45, 7) is 4.30. The largest absolute Gasteiger partial charge is 0.481 e. The fourth-order valence-electron chi connectivity index (χ4n) is 11.3. The molecule has 64 heavy (non-hydrogen) atoms. The molecule has 6 aliphatic rings. The van der Waals surface area contributed by atoms with Crippen LogP contribution in [0.3, 0.4) is 0 Å². The maximum atomic E-state index is 13.5. The molecular weight excluding hydrogens is 817 g/mol. The zero-order chi connectivity index (χ0) is 44.6. The lowest BCUT2D eigenvalue weighted by Crippen LogP contribution is -2.65. The molecule has 4 fully saturated rings. The van der Waals surface area contributed by atoms with Crippen molar-refractivity contribution in [1.82, 2.24) is 40.2 Å². The summed E-state index contributed by atoms with van der Waals surface area (Å²) in [5.41, 5.74) is 6.35. The summed E-state index contributed by atoms with van der Waals surface area (Å²) in [5.74, 6) is -0.973. The van der Waals surface area contributed by atoms with Gasteiger partial charge in [0.05, 0.1) is 18.5 Å². The van der Waals surface area contributed by atoms with Gasteiger partial charge in [0.15, 0.2) is 0 Å². The number of benzene rings is 2. The van der Waals surface area contributed by atoms with Crippen molar-refractivity contribution < 1.29 is 38.7 Å². The van der Waals surface area contributed by atoms with E-state index in [2.05, 4.69) is 32.7 Å². The summed E-state index contributed by atoms with van der Waals surface area (Å²) >= 11 is 0. The second kappa shape index (κ2) is 18.1. The minimum atomic E-state index is -1.00. The second-order valence-corrected chi connectivity index (χ2v) is 18.1. The van der Waals surface area contributed by atoms with Crippen LogP contribution in [0, 0.1) is 0 Å². The number of para-hydroxylation sites is 2. The molecule has 6 amide bonds. The molecule has 0 unspecified atom stereocenters. The number of aromatic amines is 2. The number of amides is 6. The van der Waals surface area contributed by atoms with Crippen molar-refractivity contribution in [3.05, 3.63) is 71.0 Å². The molecule has 4 aromatic rings. The minimum absolute atomic E-state index is 0.0249. The van der Waals surface area contributed by atoms with Crippen LogP contribution in [0.15, 0.2) is 48.5 Å². The standard InChI is InChI=1S/C24H28N4O5.C24H30N4O3/c29-20(9-10-21(30)31)25-11-3-7-17-22-15(14-5-1-2-6-16(14)26-22)13-19-23(32)27-12-4-8-18(27)24(33)28(17)19;1-2-7-21(29)25-12-5-10-18-22-16(15-8-3-4-9-17(15)26-22)14-20-23(30)27-13-6-11-19(27)24(31)28(18)20/h1-2,5-6,17-19,26H,3-4,7-13H2,(H,25,29)(H,30,31);3-4,8-9,18-20,26H,2,5-7,10-14H2,1H3,(H,25,29)/t17-,18-,19-;18-,19-,20-/m00/s1. The molecule has 10 rings (SSSR count). The number of carbonyl (C=O) groups is 7. The summed E-state index contributed by atoms with van der Waals surface area (Å²) in [5, 5.41) is 16.7. The Labute approximate surface area is 371 Å². The molecule has 0 aliphatic carbocycles. The van der Waals surface area contributed by atoms with Gasteiger partial charge in [-0.2, -0.15) is 0 Å². The van der Waals surface area contributed by atoms with Crippen molar-refractivity contribution in [2.45, 2.75) is 133 Å². The normalized spacial score (nSPS) is 24.4. The molecule has 16 nitrogen and oxygen atoms in total. The highest BCUT2D eigenvalue weighted by atomic mass is 16.4. The molecular formula is C48H58N8O8. The van der Waals surface area contributed by atoms with E-state index in [0.717, 1.165) is 76.4 Å². The average molecular weight is 875 g/mol. The topological polar surface area (TPSA) is 208 Å². The Morgan fingerprint density at radius 2 is 1.08 bits per heavy atom. The molecule has 0 spiro atoms. The van der Waals surface area contributed by atoms with E-state index in [-0.39, 0.29) is 72.5 Å². The fourth-order valence-corrected chi connectivity index (χ4v) is 11.3. The molecule has 6 aliphatic heterocycles. The van der Waals surface area contributed by atoms with Crippen LogP contribution in [-0.2, 0) is 46.4 Å². The van der Waals surface area contributed by atoms with Gasteiger partial charge in [-0.3, -0.25) is 33.6 Å². The first kappa shape index (κ1) is 43.1. The third-order valence-electron chi connectivity index (χ3n) is 14.2. The van der Waals surface area contributed by atoms with Crippen molar-refractivity contribution in [2.24, 2.45) is 0 Å². The van der Waals surface area contributed by atoms with E-state index < -0.39 is 18.1 Å². The number of fused-ring (bicyclic) bond motifs is 10. The van der Waals surface area contributed by atoms with Crippen LogP contribution in [0.2, 0.25) is 0 Å². The number of nitrogens with zero attached hydrogens (tertiary/aromatic N) is 4. The molecule has 6 atom stereocenters. The number of carbonyl (C=O) groups excluding carboxylic acids is 6.